The first-order valence-electron chi connectivity index (χ1n) is 4.71. The van der Waals surface area contributed by atoms with Crippen molar-refractivity contribution in [3.8, 4) is 0 Å². The van der Waals surface area contributed by atoms with Crippen molar-refractivity contribution >= 4 is 17.6 Å². The van der Waals surface area contributed by atoms with E-state index in [0.29, 0.717) is 5.69 Å². The van der Waals surface area contributed by atoms with Gasteiger partial charge in [-0.3, -0.25) is 10.5 Å². The van der Waals surface area contributed by atoms with Gasteiger partial charge in [0.25, 0.3) is 0 Å². The first kappa shape index (κ1) is 12.8. The SMILES string of the molecule is N[C@@](CCC(=O)O)(Nc1cncnc1)C(=O)O. The number of carboxylic acid groups (broad SMARTS) is 2. The van der Waals surface area contributed by atoms with E-state index in [-0.39, 0.29) is 12.8 Å². The van der Waals surface area contributed by atoms with Crippen LogP contribution in [-0.2, 0) is 9.59 Å². The van der Waals surface area contributed by atoms with Crippen molar-refractivity contribution < 1.29 is 19.8 Å². The van der Waals surface area contributed by atoms with Crippen LogP contribution in [0.2, 0.25) is 0 Å². The normalized spacial score (nSPS) is 13.7. The summed E-state index contributed by atoms with van der Waals surface area (Å²) in [5.74, 6) is -2.46. The molecule has 0 spiro atoms. The summed E-state index contributed by atoms with van der Waals surface area (Å²) in [6, 6.07) is 0. The van der Waals surface area contributed by atoms with Crippen molar-refractivity contribution in [1.82, 2.24) is 9.97 Å². The monoisotopic (exact) mass is 240 g/mol. The predicted molar refractivity (Wildman–Crippen MR) is 57.1 cm³/mol. The van der Waals surface area contributed by atoms with Crippen LogP contribution in [0.5, 0.6) is 0 Å². The largest absolute Gasteiger partial charge is 0.481 e. The third-order valence-electron chi connectivity index (χ3n) is 2.04. The van der Waals surface area contributed by atoms with Gasteiger partial charge in [0.05, 0.1) is 18.1 Å². The molecule has 0 bridgehead atoms. The van der Waals surface area contributed by atoms with Gasteiger partial charge in [-0.2, -0.15) is 0 Å². The molecule has 92 valence electrons. The second-order valence-corrected chi connectivity index (χ2v) is 3.42. The summed E-state index contributed by atoms with van der Waals surface area (Å²) >= 11 is 0. The van der Waals surface area contributed by atoms with Crippen LogP contribution < -0.4 is 11.1 Å². The number of carbonyl (C=O) groups is 2. The van der Waals surface area contributed by atoms with Gasteiger partial charge in [-0.15, -0.1) is 0 Å². The Labute approximate surface area is 96.5 Å². The molecule has 1 heterocycles. The standard InChI is InChI=1S/C9H12N4O4/c10-9(8(16)17,2-1-7(14)15)13-6-3-11-5-12-4-6/h3-5,13H,1-2,10H2,(H,14,15)(H,16,17)/t9-/m0/s1. The Kier molecular flexibility index (Phi) is 3.94. The Hall–Kier alpha value is -2.22. The van der Waals surface area contributed by atoms with E-state index in [0.717, 1.165) is 0 Å². The number of nitrogens with one attached hydrogen (secondary N) is 1. The molecule has 17 heavy (non-hydrogen) atoms. The van der Waals surface area contributed by atoms with Crippen LogP contribution in [-0.4, -0.2) is 37.8 Å². The van der Waals surface area contributed by atoms with Gasteiger partial charge in [0.1, 0.15) is 6.33 Å². The van der Waals surface area contributed by atoms with E-state index in [2.05, 4.69) is 15.3 Å². The molecule has 8 nitrogen and oxygen atoms in total. The minimum absolute atomic E-state index is 0.257. The molecular weight excluding hydrogens is 228 g/mol. The van der Waals surface area contributed by atoms with Crippen LogP contribution in [0.15, 0.2) is 18.7 Å². The zero-order valence-corrected chi connectivity index (χ0v) is 8.83. The molecule has 5 N–H and O–H groups in total. The van der Waals surface area contributed by atoms with Crippen molar-refractivity contribution in [2.24, 2.45) is 5.73 Å². The molecule has 8 heteroatoms. The molecule has 0 saturated carbocycles. The second kappa shape index (κ2) is 5.21. The maximum Gasteiger partial charge on any atom is 0.344 e. The number of carboxylic acids is 2. The lowest BCUT2D eigenvalue weighted by Gasteiger charge is -2.26. The number of nitrogens with zero attached hydrogens (tertiary/aromatic N) is 2. The van der Waals surface area contributed by atoms with Crippen LogP contribution in [0.25, 0.3) is 0 Å². The Bertz CT molecular complexity index is 411. The fourth-order valence-corrected chi connectivity index (χ4v) is 1.15. The van der Waals surface area contributed by atoms with Crippen LogP contribution >= 0.6 is 0 Å². The van der Waals surface area contributed by atoms with Gasteiger partial charge in [0, 0.05) is 12.8 Å². The Morgan fingerprint density at radius 2 is 1.94 bits per heavy atom. The van der Waals surface area contributed by atoms with Gasteiger partial charge < -0.3 is 15.5 Å². The van der Waals surface area contributed by atoms with E-state index >= 15 is 0 Å². The van der Waals surface area contributed by atoms with Crippen LogP contribution in [0.3, 0.4) is 0 Å². The van der Waals surface area contributed by atoms with E-state index in [1.807, 2.05) is 0 Å². The lowest BCUT2D eigenvalue weighted by Crippen LogP contribution is -2.55. The van der Waals surface area contributed by atoms with E-state index in [9.17, 15) is 9.59 Å². The molecule has 0 unspecified atom stereocenters. The van der Waals surface area contributed by atoms with Crippen molar-refractivity contribution in [2.75, 3.05) is 5.32 Å². The number of nitrogens with two attached hydrogens (primary N) is 1. The molecule has 0 radical (unpaired) electrons. The highest BCUT2D eigenvalue weighted by Crippen LogP contribution is 2.14. The van der Waals surface area contributed by atoms with Crippen molar-refractivity contribution in [2.45, 2.75) is 18.5 Å². The summed E-state index contributed by atoms with van der Waals surface area (Å²) in [6.07, 6.45) is 3.36. The molecule has 1 aromatic rings. The first-order chi connectivity index (χ1) is 7.94. The number of aliphatic carboxylic acids is 2. The van der Waals surface area contributed by atoms with E-state index in [1.54, 1.807) is 0 Å². The molecule has 0 aliphatic carbocycles. The number of hydrogen-bond acceptors (Lipinski definition) is 6. The lowest BCUT2D eigenvalue weighted by molar-refractivity contribution is -0.143. The van der Waals surface area contributed by atoms with Gasteiger partial charge in [-0.1, -0.05) is 0 Å². The third-order valence-corrected chi connectivity index (χ3v) is 2.04. The van der Waals surface area contributed by atoms with E-state index in [1.165, 1.54) is 18.7 Å². The summed E-state index contributed by atoms with van der Waals surface area (Å²) in [7, 11) is 0. The highest BCUT2D eigenvalue weighted by atomic mass is 16.4. The summed E-state index contributed by atoms with van der Waals surface area (Å²) in [5, 5.41) is 20.0. The van der Waals surface area contributed by atoms with Gasteiger partial charge in [0.2, 0.25) is 0 Å². The van der Waals surface area contributed by atoms with Gasteiger partial charge in [0.15, 0.2) is 5.66 Å². The third kappa shape index (κ3) is 3.68. The number of rotatable bonds is 6. The Balaban J connectivity index is 2.78. The summed E-state index contributed by atoms with van der Waals surface area (Å²) in [5.41, 5.74) is 4.04. The highest BCUT2D eigenvalue weighted by Gasteiger charge is 2.34. The topological polar surface area (TPSA) is 138 Å². The quantitative estimate of drug-likeness (QED) is 0.488. The Morgan fingerprint density at radius 3 is 2.41 bits per heavy atom. The average molecular weight is 240 g/mol. The number of aromatic nitrogens is 2. The van der Waals surface area contributed by atoms with Crippen LogP contribution in [0.4, 0.5) is 5.69 Å². The van der Waals surface area contributed by atoms with E-state index < -0.39 is 17.6 Å². The summed E-state index contributed by atoms with van der Waals surface area (Å²) < 4.78 is 0. The molecule has 0 aliphatic rings. The van der Waals surface area contributed by atoms with Crippen molar-refractivity contribution in [1.29, 1.82) is 0 Å². The fourth-order valence-electron chi connectivity index (χ4n) is 1.15. The van der Waals surface area contributed by atoms with Crippen molar-refractivity contribution in [3.63, 3.8) is 0 Å². The zero-order valence-electron chi connectivity index (χ0n) is 8.83. The fraction of sp³-hybridized carbons (Fsp3) is 0.333. The number of anilines is 1. The van der Waals surface area contributed by atoms with Gasteiger partial charge in [-0.25, -0.2) is 14.8 Å². The van der Waals surface area contributed by atoms with Gasteiger partial charge in [-0.05, 0) is 0 Å². The van der Waals surface area contributed by atoms with Crippen molar-refractivity contribution in [3.05, 3.63) is 18.7 Å². The molecule has 0 aromatic carbocycles. The van der Waals surface area contributed by atoms with Crippen LogP contribution in [0.1, 0.15) is 12.8 Å². The molecule has 0 fully saturated rings. The Morgan fingerprint density at radius 1 is 1.35 bits per heavy atom. The van der Waals surface area contributed by atoms with Crippen LogP contribution in [0, 0.1) is 0 Å². The minimum Gasteiger partial charge on any atom is -0.481 e. The lowest BCUT2D eigenvalue weighted by atomic mass is 10.0. The first-order valence-corrected chi connectivity index (χ1v) is 4.71. The summed E-state index contributed by atoms with van der Waals surface area (Å²) in [4.78, 5) is 28.8. The molecule has 0 aliphatic heterocycles. The maximum absolute atomic E-state index is 11.0. The predicted octanol–water partition coefficient (Wildman–Crippen LogP) is -0.507. The smallest absolute Gasteiger partial charge is 0.344 e. The molecular formula is C9H12N4O4. The summed E-state index contributed by atoms with van der Waals surface area (Å²) in [6.45, 7) is 0. The molecule has 1 rings (SSSR count). The minimum atomic E-state index is -1.86. The van der Waals surface area contributed by atoms with E-state index in [4.69, 9.17) is 15.9 Å². The molecule has 0 saturated heterocycles. The molecule has 1 atom stereocenters. The average Bonchev–Trinajstić information content (AvgIpc) is 2.27. The number of hydrogen-bond donors (Lipinski definition) is 4. The maximum atomic E-state index is 11.0. The second-order valence-electron chi connectivity index (χ2n) is 3.42. The van der Waals surface area contributed by atoms with Gasteiger partial charge >= 0.3 is 11.9 Å². The zero-order chi connectivity index (χ0) is 12.9. The molecule has 1 aromatic heterocycles. The molecule has 0 amide bonds. The highest BCUT2D eigenvalue weighted by molar-refractivity contribution is 5.82.